The Labute approximate surface area is 365 Å². The zero-order valence-electron chi connectivity index (χ0n) is 35.6. The van der Waals surface area contributed by atoms with Gasteiger partial charge in [-0.2, -0.15) is 0 Å². The number of para-hydroxylation sites is 1. The predicted molar refractivity (Wildman–Crippen MR) is 262 cm³/mol. The van der Waals surface area contributed by atoms with Gasteiger partial charge in [0.05, 0.1) is 0 Å². The molecule has 0 atom stereocenters. The van der Waals surface area contributed by atoms with Gasteiger partial charge in [-0.05, 0) is 116 Å². The standard InChI is InChI=1S/C54H37N3O.2C2H6/c1-3-15-42(16-4-1)53-55-56-54(58-53)43-28-26-39(27-29-43)49-21-9-11-23-51(49)52-24-12-10-22-50(52)41-32-36-46(37-33-41)57(44-18-5-2-6-19-44)45-34-30-40(31-35-45)48-25-13-17-38-14-7-8-20-47(38)48;2*1-2/h1-37H;2*1-2H3. The van der Waals surface area contributed by atoms with Crippen LogP contribution in [-0.4, -0.2) is 10.2 Å². The van der Waals surface area contributed by atoms with E-state index in [2.05, 4.69) is 209 Å². The SMILES string of the molecule is CC.CC.c1ccc(-c2nnc(-c3ccc(-c4ccccc4-c4ccccc4-c4ccc(N(c5ccccc5)c5ccc(-c6cccc7ccccc67)cc5)cc4)cc3)o2)cc1. The number of nitrogens with zero attached hydrogens (tertiary/aromatic N) is 3. The number of anilines is 3. The van der Waals surface area contributed by atoms with Gasteiger partial charge in [0.1, 0.15) is 0 Å². The molecule has 302 valence electrons. The molecule has 0 aliphatic rings. The third-order valence-corrected chi connectivity index (χ3v) is 10.7. The van der Waals surface area contributed by atoms with Gasteiger partial charge in [-0.15, -0.1) is 10.2 Å². The maximum absolute atomic E-state index is 6.04. The first-order valence-electron chi connectivity index (χ1n) is 21.5. The Morgan fingerprint density at radius 2 is 0.645 bits per heavy atom. The Balaban J connectivity index is 0.00000129. The third kappa shape index (κ3) is 8.58. The molecule has 4 heteroatoms. The van der Waals surface area contributed by atoms with Crippen LogP contribution in [0.5, 0.6) is 0 Å². The van der Waals surface area contributed by atoms with Crippen LogP contribution in [0.15, 0.2) is 229 Å². The molecular weight excluding hydrogens is 755 g/mol. The Kier molecular flexibility index (Phi) is 12.9. The molecule has 10 rings (SSSR count). The van der Waals surface area contributed by atoms with Gasteiger partial charge < -0.3 is 9.32 Å². The topological polar surface area (TPSA) is 42.2 Å². The molecule has 4 nitrogen and oxygen atoms in total. The number of hydrogen-bond acceptors (Lipinski definition) is 4. The first-order chi connectivity index (χ1) is 30.8. The van der Waals surface area contributed by atoms with Crippen LogP contribution in [0.1, 0.15) is 27.7 Å². The minimum absolute atomic E-state index is 0.497. The second-order valence-corrected chi connectivity index (χ2v) is 14.2. The van der Waals surface area contributed by atoms with E-state index in [0.717, 1.165) is 50.4 Å². The summed E-state index contributed by atoms with van der Waals surface area (Å²) >= 11 is 0. The summed E-state index contributed by atoms with van der Waals surface area (Å²) in [6, 6.07) is 79.0. The summed E-state index contributed by atoms with van der Waals surface area (Å²) in [5.74, 6) is 1.00. The van der Waals surface area contributed by atoms with Crippen molar-refractivity contribution >= 4 is 27.8 Å². The summed E-state index contributed by atoms with van der Waals surface area (Å²) in [5, 5.41) is 11.1. The summed E-state index contributed by atoms with van der Waals surface area (Å²) in [6.45, 7) is 8.00. The molecule has 0 amide bonds. The minimum atomic E-state index is 0.497. The number of benzene rings is 9. The smallest absolute Gasteiger partial charge is 0.248 e. The molecule has 1 heterocycles. The summed E-state index contributed by atoms with van der Waals surface area (Å²) < 4.78 is 6.04. The van der Waals surface area contributed by atoms with Gasteiger partial charge in [-0.25, -0.2) is 0 Å². The van der Waals surface area contributed by atoms with Crippen molar-refractivity contribution < 1.29 is 4.42 Å². The predicted octanol–water partition coefficient (Wildman–Crippen LogP) is 16.7. The maximum atomic E-state index is 6.04. The monoisotopic (exact) mass is 803 g/mol. The highest BCUT2D eigenvalue weighted by Crippen LogP contribution is 2.41. The molecule has 0 spiro atoms. The van der Waals surface area contributed by atoms with Crippen molar-refractivity contribution in [1.29, 1.82) is 0 Å². The van der Waals surface area contributed by atoms with Gasteiger partial charge >= 0.3 is 0 Å². The molecule has 9 aromatic carbocycles. The molecular formula is C58H49N3O. The van der Waals surface area contributed by atoms with Crippen LogP contribution in [-0.2, 0) is 0 Å². The molecule has 0 fully saturated rings. The Morgan fingerprint density at radius 1 is 0.290 bits per heavy atom. The fourth-order valence-electron chi connectivity index (χ4n) is 7.85. The van der Waals surface area contributed by atoms with Gasteiger partial charge in [-0.1, -0.05) is 191 Å². The average Bonchev–Trinajstić information content (AvgIpc) is 3.87. The van der Waals surface area contributed by atoms with Crippen LogP contribution in [0.2, 0.25) is 0 Å². The highest BCUT2D eigenvalue weighted by molar-refractivity contribution is 5.97. The Morgan fingerprint density at radius 3 is 1.19 bits per heavy atom. The van der Waals surface area contributed by atoms with Crippen molar-refractivity contribution in [3.8, 4) is 67.4 Å². The molecule has 0 aliphatic carbocycles. The van der Waals surface area contributed by atoms with E-state index in [4.69, 9.17) is 4.42 Å². The fourth-order valence-corrected chi connectivity index (χ4v) is 7.85. The van der Waals surface area contributed by atoms with Crippen LogP contribution in [0, 0.1) is 0 Å². The minimum Gasteiger partial charge on any atom is -0.416 e. The highest BCUT2D eigenvalue weighted by Gasteiger charge is 2.17. The molecule has 1 aromatic heterocycles. The largest absolute Gasteiger partial charge is 0.416 e. The van der Waals surface area contributed by atoms with Crippen molar-refractivity contribution in [2.45, 2.75) is 27.7 Å². The van der Waals surface area contributed by atoms with E-state index in [9.17, 15) is 0 Å². The second-order valence-electron chi connectivity index (χ2n) is 14.2. The molecule has 0 saturated heterocycles. The normalized spacial score (nSPS) is 10.6. The van der Waals surface area contributed by atoms with Crippen LogP contribution in [0.3, 0.4) is 0 Å². The van der Waals surface area contributed by atoms with Crippen molar-refractivity contribution in [1.82, 2.24) is 10.2 Å². The lowest BCUT2D eigenvalue weighted by molar-refractivity contribution is 0.584. The van der Waals surface area contributed by atoms with Gasteiger partial charge in [-0.3, -0.25) is 0 Å². The molecule has 0 bridgehead atoms. The van der Waals surface area contributed by atoms with Gasteiger partial charge in [0.15, 0.2) is 0 Å². The summed E-state index contributed by atoms with van der Waals surface area (Å²) in [4.78, 5) is 2.32. The van der Waals surface area contributed by atoms with E-state index < -0.39 is 0 Å². The summed E-state index contributed by atoms with van der Waals surface area (Å²) in [6.07, 6.45) is 0. The number of aromatic nitrogens is 2. The third-order valence-electron chi connectivity index (χ3n) is 10.7. The molecule has 0 saturated carbocycles. The number of rotatable bonds is 9. The van der Waals surface area contributed by atoms with Crippen LogP contribution >= 0.6 is 0 Å². The Bertz CT molecular complexity index is 2970. The van der Waals surface area contributed by atoms with Crippen LogP contribution < -0.4 is 4.90 Å². The van der Waals surface area contributed by atoms with Crippen LogP contribution in [0.4, 0.5) is 17.1 Å². The fraction of sp³-hybridized carbons (Fsp3) is 0.0690. The van der Waals surface area contributed by atoms with E-state index in [0.29, 0.717) is 11.8 Å². The van der Waals surface area contributed by atoms with E-state index >= 15 is 0 Å². The first-order valence-corrected chi connectivity index (χ1v) is 21.5. The number of fused-ring (bicyclic) bond motifs is 1. The molecule has 0 aliphatic heterocycles. The first kappa shape index (κ1) is 40.9. The molecule has 10 aromatic rings. The van der Waals surface area contributed by atoms with Crippen molar-refractivity contribution in [2.75, 3.05) is 4.90 Å². The van der Waals surface area contributed by atoms with Gasteiger partial charge in [0.2, 0.25) is 11.8 Å². The van der Waals surface area contributed by atoms with Gasteiger partial charge in [0, 0.05) is 28.2 Å². The summed E-state index contributed by atoms with van der Waals surface area (Å²) in [7, 11) is 0. The van der Waals surface area contributed by atoms with Crippen LogP contribution in [0.25, 0.3) is 78.2 Å². The van der Waals surface area contributed by atoms with E-state index in [1.165, 1.54) is 33.0 Å². The second kappa shape index (κ2) is 19.5. The maximum Gasteiger partial charge on any atom is 0.248 e. The zero-order chi connectivity index (χ0) is 42.7. The lowest BCUT2D eigenvalue weighted by Crippen LogP contribution is -2.09. The van der Waals surface area contributed by atoms with E-state index in [-0.39, 0.29) is 0 Å². The lowest BCUT2D eigenvalue weighted by Gasteiger charge is -2.26. The molecule has 0 unspecified atom stereocenters. The average molecular weight is 804 g/mol. The van der Waals surface area contributed by atoms with Gasteiger partial charge in [0.25, 0.3) is 0 Å². The molecule has 62 heavy (non-hydrogen) atoms. The number of hydrogen-bond donors (Lipinski definition) is 0. The van der Waals surface area contributed by atoms with Crippen molar-refractivity contribution in [2.24, 2.45) is 0 Å². The molecule has 0 radical (unpaired) electrons. The Hall–Kier alpha value is -7.82. The summed E-state index contributed by atoms with van der Waals surface area (Å²) in [5.41, 5.74) is 14.4. The zero-order valence-corrected chi connectivity index (χ0v) is 35.6. The van der Waals surface area contributed by atoms with Crippen molar-refractivity contribution in [3.05, 3.63) is 224 Å². The quantitative estimate of drug-likeness (QED) is 0.146. The van der Waals surface area contributed by atoms with Crippen molar-refractivity contribution in [3.63, 3.8) is 0 Å². The van der Waals surface area contributed by atoms with E-state index in [1.54, 1.807) is 0 Å². The van der Waals surface area contributed by atoms with E-state index in [1.807, 2.05) is 58.0 Å². The highest BCUT2D eigenvalue weighted by atomic mass is 16.4. The molecule has 0 N–H and O–H groups in total. The lowest BCUT2D eigenvalue weighted by atomic mass is 9.89.